The predicted molar refractivity (Wildman–Crippen MR) is 90.0 cm³/mol. The first-order valence-electron chi connectivity index (χ1n) is 7.44. The molecule has 0 amide bonds. The molecule has 3 aromatic rings. The minimum absolute atomic E-state index is 0.0132. The number of thiazole rings is 1. The van der Waals surface area contributed by atoms with Crippen molar-refractivity contribution < 1.29 is 0 Å². The lowest BCUT2D eigenvalue weighted by Gasteiger charge is -2.19. The van der Waals surface area contributed by atoms with E-state index in [2.05, 4.69) is 41.1 Å². The van der Waals surface area contributed by atoms with Gasteiger partial charge in [0.25, 0.3) is 5.56 Å². The molecule has 5 heteroatoms. The van der Waals surface area contributed by atoms with Crippen molar-refractivity contribution in [3.63, 3.8) is 0 Å². The predicted octanol–water partition coefficient (Wildman–Crippen LogP) is 3.19. The molecule has 2 aromatic heterocycles. The Hall–Kier alpha value is -2.14. The normalized spacial score (nSPS) is 17.2. The van der Waals surface area contributed by atoms with Crippen LogP contribution >= 0.6 is 11.3 Å². The summed E-state index contributed by atoms with van der Waals surface area (Å²) in [5.41, 5.74) is 4.45. The molecule has 0 radical (unpaired) electrons. The van der Waals surface area contributed by atoms with E-state index in [1.165, 1.54) is 22.6 Å². The molecule has 1 atom stereocenters. The zero-order valence-corrected chi connectivity index (χ0v) is 13.4. The zero-order chi connectivity index (χ0) is 15.3. The summed E-state index contributed by atoms with van der Waals surface area (Å²) in [7, 11) is 0. The molecule has 0 spiro atoms. The summed E-state index contributed by atoms with van der Waals surface area (Å²) in [6, 6.07) is 10.2. The summed E-state index contributed by atoms with van der Waals surface area (Å²) in [4.78, 5) is 20.0. The van der Waals surface area contributed by atoms with Gasteiger partial charge in [-0.3, -0.25) is 9.20 Å². The van der Waals surface area contributed by atoms with Crippen LogP contribution in [0.15, 0.2) is 40.5 Å². The Bertz CT molecular complexity index is 912. The van der Waals surface area contributed by atoms with Gasteiger partial charge in [0.2, 0.25) is 0 Å². The van der Waals surface area contributed by atoms with Crippen LogP contribution in [0.3, 0.4) is 0 Å². The van der Waals surface area contributed by atoms with Crippen LogP contribution in [0.2, 0.25) is 0 Å². The van der Waals surface area contributed by atoms with E-state index in [0.29, 0.717) is 12.5 Å². The average Bonchev–Trinajstić information content (AvgIpc) is 3.02. The molecule has 0 fully saturated rings. The first kappa shape index (κ1) is 13.5. The minimum atomic E-state index is 0.0132. The third-order valence-corrected chi connectivity index (χ3v) is 5.23. The number of benzene rings is 1. The Kier molecular flexibility index (Phi) is 3.04. The van der Waals surface area contributed by atoms with Crippen LogP contribution in [0.4, 0.5) is 5.69 Å². The molecule has 1 aliphatic heterocycles. The van der Waals surface area contributed by atoms with E-state index in [1.807, 2.05) is 12.3 Å². The fraction of sp³-hybridized carbons (Fsp3) is 0.294. The van der Waals surface area contributed by atoms with Gasteiger partial charge in [0.15, 0.2) is 4.96 Å². The van der Waals surface area contributed by atoms with Crippen LogP contribution in [-0.2, 0) is 6.54 Å². The fourth-order valence-corrected chi connectivity index (χ4v) is 4.14. The van der Waals surface area contributed by atoms with Crippen molar-refractivity contribution in [1.29, 1.82) is 0 Å². The molecule has 0 saturated heterocycles. The van der Waals surface area contributed by atoms with Crippen molar-refractivity contribution in [3.05, 3.63) is 63.0 Å². The van der Waals surface area contributed by atoms with Gasteiger partial charge in [0, 0.05) is 35.3 Å². The van der Waals surface area contributed by atoms with Crippen LogP contribution in [0.5, 0.6) is 0 Å². The Morgan fingerprint density at radius 1 is 1.36 bits per heavy atom. The number of hydrogen-bond donors (Lipinski definition) is 0. The molecular formula is C17H17N3OS. The molecule has 1 unspecified atom stereocenters. The van der Waals surface area contributed by atoms with Crippen LogP contribution in [0.1, 0.15) is 29.8 Å². The highest BCUT2D eigenvalue weighted by Gasteiger charge is 2.25. The van der Waals surface area contributed by atoms with Gasteiger partial charge >= 0.3 is 0 Å². The van der Waals surface area contributed by atoms with Crippen LogP contribution in [0.25, 0.3) is 4.96 Å². The number of aryl methyl sites for hydroxylation is 1. The first-order chi connectivity index (χ1) is 10.6. The van der Waals surface area contributed by atoms with Crippen LogP contribution in [-0.4, -0.2) is 15.9 Å². The van der Waals surface area contributed by atoms with E-state index in [-0.39, 0.29) is 5.56 Å². The van der Waals surface area contributed by atoms with Crippen molar-refractivity contribution in [1.82, 2.24) is 9.38 Å². The van der Waals surface area contributed by atoms with Gasteiger partial charge in [-0.2, -0.15) is 0 Å². The number of nitrogens with zero attached hydrogens (tertiary/aromatic N) is 3. The van der Waals surface area contributed by atoms with Crippen molar-refractivity contribution in [3.8, 4) is 0 Å². The zero-order valence-electron chi connectivity index (χ0n) is 12.6. The number of para-hydroxylation sites is 1. The second kappa shape index (κ2) is 4.95. The van der Waals surface area contributed by atoms with Gasteiger partial charge in [-0.25, -0.2) is 4.98 Å². The average molecular weight is 311 g/mol. The Morgan fingerprint density at radius 3 is 3.05 bits per heavy atom. The van der Waals surface area contributed by atoms with E-state index in [4.69, 9.17) is 0 Å². The monoisotopic (exact) mass is 311 g/mol. The summed E-state index contributed by atoms with van der Waals surface area (Å²) >= 11 is 1.52. The van der Waals surface area contributed by atoms with Gasteiger partial charge in [-0.1, -0.05) is 25.1 Å². The largest absolute Gasteiger partial charge is 0.365 e. The quantitative estimate of drug-likeness (QED) is 0.729. The van der Waals surface area contributed by atoms with Crippen molar-refractivity contribution in [2.24, 2.45) is 0 Å². The second-order valence-electron chi connectivity index (χ2n) is 5.92. The molecule has 4 nitrogen and oxygen atoms in total. The highest BCUT2D eigenvalue weighted by molar-refractivity contribution is 7.15. The third-order valence-electron chi connectivity index (χ3n) is 4.28. The van der Waals surface area contributed by atoms with Crippen molar-refractivity contribution in [2.45, 2.75) is 26.3 Å². The topological polar surface area (TPSA) is 37.6 Å². The molecule has 0 N–H and O–H groups in total. The summed E-state index contributed by atoms with van der Waals surface area (Å²) in [6.45, 7) is 5.84. The van der Waals surface area contributed by atoms with E-state index in [9.17, 15) is 4.79 Å². The highest BCUT2D eigenvalue weighted by atomic mass is 32.1. The molecular weight excluding hydrogens is 294 g/mol. The molecule has 1 aromatic carbocycles. The lowest BCUT2D eigenvalue weighted by molar-refractivity contribution is 0.736. The minimum Gasteiger partial charge on any atom is -0.365 e. The first-order valence-corrected chi connectivity index (χ1v) is 8.32. The standard InChI is InChI=1S/C17H17N3OS/c1-11-8-19(15-6-4-3-5-14(11)15)9-13-7-16(21)20-12(2)10-22-17(20)18-13/h3-7,10-11H,8-9H2,1-2H3. The summed E-state index contributed by atoms with van der Waals surface area (Å²) in [5, 5.41) is 1.97. The number of anilines is 1. The molecule has 4 rings (SSSR count). The lowest BCUT2D eigenvalue weighted by atomic mass is 10.0. The number of rotatable bonds is 2. The molecule has 112 valence electrons. The van der Waals surface area contributed by atoms with E-state index in [0.717, 1.165) is 22.9 Å². The van der Waals surface area contributed by atoms with E-state index in [1.54, 1.807) is 10.5 Å². The maximum absolute atomic E-state index is 12.3. The Labute approximate surface area is 132 Å². The van der Waals surface area contributed by atoms with Gasteiger partial charge in [-0.05, 0) is 18.6 Å². The maximum Gasteiger partial charge on any atom is 0.259 e. The Balaban J connectivity index is 1.72. The highest BCUT2D eigenvalue weighted by Crippen LogP contribution is 2.36. The van der Waals surface area contributed by atoms with Crippen molar-refractivity contribution >= 4 is 22.0 Å². The molecule has 0 saturated carbocycles. The van der Waals surface area contributed by atoms with Gasteiger partial charge < -0.3 is 4.90 Å². The maximum atomic E-state index is 12.3. The molecule has 22 heavy (non-hydrogen) atoms. The summed E-state index contributed by atoms with van der Waals surface area (Å²) in [5.74, 6) is 0.519. The summed E-state index contributed by atoms with van der Waals surface area (Å²) in [6.07, 6.45) is 0. The summed E-state index contributed by atoms with van der Waals surface area (Å²) < 4.78 is 1.68. The van der Waals surface area contributed by atoms with E-state index >= 15 is 0 Å². The Morgan fingerprint density at radius 2 is 2.18 bits per heavy atom. The number of fused-ring (bicyclic) bond motifs is 2. The number of hydrogen-bond acceptors (Lipinski definition) is 4. The molecule has 1 aliphatic rings. The SMILES string of the molecule is Cc1csc2nc(CN3CC(C)c4ccccc43)cc(=O)n12. The van der Waals surface area contributed by atoms with Gasteiger partial charge in [-0.15, -0.1) is 11.3 Å². The van der Waals surface area contributed by atoms with Gasteiger partial charge in [0.05, 0.1) is 12.2 Å². The molecule has 0 bridgehead atoms. The van der Waals surface area contributed by atoms with Crippen LogP contribution in [0, 0.1) is 6.92 Å². The molecule has 3 heterocycles. The third kappa shape index (κ3) is 2.04. The van der Waals surface area contributed by atoms with Crippen molar-refractivity contribution in [2.75, 3.05) is 11.4 Å². The number of aromatic nitrogens is 2. The molecule has 0 aliphatic carbocycles. The second-order valence-corrected chi connectivity index (χ2v) is 6.76. The lowest BCUT2D eigenvalue weighted by Crippen LogP contribution is -2.23. The van der Waals surface area contributed by atoms with Gasteiger partial charge in [0.1, 0.15) is 0 Å². The van der Waals surface area contributed by atoms with E-state index < -0.39 is 0 Å². The smallest absolute Gasteiger partial charge is 0.259 e. The van der Waals surface area contributed by atoms with Crippen LogP contribution < -0.4 is 10.5 Å². The fourth-order valence-electron chi connectivity index (χ4n) is 3.25.